The number of rotatable bonds is 4. The number of fused-ring (bicyclic) bond motifs is 10. The molecule has 65 heavy (non-hydrogen) atoms. The van der Waals surface area contributed by atoms with Gasteiger partial charge in [-0.15, -0.1) is 0 Å². The van der Waals surface area contributed by atoms with E-state index in [1.807, 2.05) is 0 Å². The van der Waals surface area contributed by atoms with Crippen LogP contribution >= 0.6 is 0 Å². The molecule has 4 aliphatic rings. The second kappa shape index (κ2) is 13.6. The molecule has 8 atom stereocenters. The van der Waals surface area contributed by atoms with Crippen molar-refractivity contribution >= 4 is 0 Å². The molecule has 336 valence electrons. The number of phenols is 14. The molecular weight excluding hydrogens is 860 g/mol. The molecule has 0 amide bonds. The Morgan fingerprint density at radius 2 is 0.938 bits per heavy atom. The van der Waals surface area contributed by atoms with Crippen molar-refractivity contribution in [1.29, 1.82) is 0 Å². The van der Waals surface area contributed by atoms with Gasteiger partial charge in [-0.25, -0.2) is 0 Å². The average Bonchev–Trinajstić information content (AvgIpc) is 3.38. The van der Waals surface area contributed by atoms with Crippen LogP contribution in [0.1, 0.15) is 74.1 Å². The highest BCUT2D eigenvalue weighted by atomic mass is 16.5. The van der Waals surface area contributed by atoms with E-state index in [9.17, 15) is 86.8 Å². The lowest BCUT2D eigenvalue weighted by Gasteiger charge is -2.41. The van der Waals surface area contributed by atoms with Crippen LogP contribution in [0.25, 0.3) is 0 Å². The number of aliphatic hydroxyl groups is 3. The van der Waals surface area contributed by atoms with Crippen molar-refractivity contribution in [1.82, 2.24) is 0 Å². The minimum atomic E-state index is -2.30. The fourth-order valence-electron chi connectivity index (χ4n) is 9.90. The predicted molar refractivity (Wildman–Crippen MR) is 216 cm³/mol. The van der Waals surface area contributed by atoms with Gasteiger partial charge in [0.2, 0.25) is 0 Å². The highest BCUT2D eigenvalue weighted by Gasteiger charge is 2.63. The van der Waals surface area contributed by atoms with Crippen LogP contribution in [0.15, 0.2) is 60.7 Å². The van der Waals surface area contributed by atoms with Crippen LogP contribution in [0.2, 0.25) is 0 Å². The SMILES string of the molecule is Oc1cc(O)c2c(c1)O[C@@]1(c3cc(O)c(O)c(O)c3)c3cc(O)c4c(c3[C@@H]2[C@H]1O)O[C@H](c1cc(O)c(O)c(O)c1)[C@H](O)[C@H]4c1c(O)cc(O)c2c1O[C@H](c1cc(O)c(O)c(O)c1)[C@@H](O)C2. The van der Waals surface area contributed by atoms with Crippen LogP contribution in [0, 0.1) is 0 Å². The van der Waals surface area contributed by atoms with Crippen molar-refractivity contribution in [2.24, 2.45) is 0 Å². The Bertz CT molecular complexity index is 2990. The Morgan fingerprint density at radius 3 is 1.52 bits per heavy atom. The van der Waals surface area contributed by atoms with Gasteiger partial charge < -0.3 is 101 Å². The normalized spacial score (nSPS) is 24.7. The second-order valence-electron chi connectivity index (χ2n) is 16.4. The molecule has 20 nitrogen and oxygen atoms in total. The van der Waals surface area contributed by atoms with Gasteiger partial charge in [0.25, 0.3) is 0 Å². The molecule has 0 aromatic heterocycles. The minimum absolute atomic E-state index is 0.103. The van der Waals surface area contributed by atoms with Gasteiger partial charge >= 0.3 is 0 Å². The van der Waals surface area contributed by atoms with Crippen LogP contribution in [0.5, 0.6) is 97.7 Å². The zero-order chi connectivity index (χ0) is 46.5. The number of benzene rings is 6. The van der Waals surface area contributed by atoms with Crippen LogP contribution in [0.3, 0.4) is 0 Å². The van der Waals surface area contributed by atoms with E-state index in [2.05, 4.69) is 0 Å². The Labute approximate surface area is 363 Å². The van der Waals surface area contributed by atoms with Crippen LogP contribution in [-0.2, 0) is 12.0 Å². The number of aromatic hydroxyl groups is 14. The van der Waals surface area contributed by atoms with Crippen LogP contribution in [0.4, 0.5) is 0 Å². The zero-order valence-corrected chi connectivity index (χ0v) is 32.8. The molecule has 3 heterocycles. The van der Waals surface area contributed by atoms with E-state index in [0.717, 1.165) is 60.7 Å². The number of phenolic OH excluding ortho intramolecular Hbond substituents is 14. The molecule has 6 aromatic rings. The first kappa shape index (κ1) is 40.8. The minimum Gasteiger partial charge on any atom is -0.508 e. The first-order valence-electron chi connectivity index (χ1n) is 19.6. The molecular formula is C45H36O20. The first-order chi connectivity index (χ1) is 30.7. The zero-order valence-electron chi connectivity index (χ0n) is 32.8. The number of aliphatic hydroxyl groups excluding tert-OH is 3. The van der Waals surface area contributed by atoms with E-state index in [1.165, 1.54) is 0 Å². The van der Waals surface area contributed by atoms with Gasteiger partial charge in [-0.2, -0.15) is 0 Å². The molecule has 0 saturated carbocycles. The quantitative estimate of drug-likeness (QED) is 0.113. The van der Waals surface area contributed by atoms with Gasteiger partial charge in [-0.3, -0.25) is 0 Å². The molecule has 0 fully saturated rings. The summed E-state index contributed by atoms with van der Waals surface area (Å²) in [5.74, 6) is -15.5. The highest BCUT2D eigenvalue weighted by Crippen LogP contribution is 2.68. The van der Waals surface area contributed by atoms with E-state index in [-0.39, 0.29) is 55.8 Å². The Kier molecular flexibility index (Phi) is 8.58. The lowest BCUT2D eigenvalue weighted by Crippen LogP contribution is -2.46. The average molecular weight is 897 g/mol. The third-order valence-corrected chi connectivity index (χ3v) is 12.7. The van der Waals surface area contributed by atoms with E-state index in [0.29, 0.717) is 0 Å². The lowest BCUT2D eigenvalue weighted by molar-refractivity contribution is -0.0384. The van der Waals surface area contributed by atoms with E-state index < -0.39 is 146 Å². The molecule has 0 saturated heterocycles. The summed E-state index contributed by atoms with van der Waals surface area (Å²) in [5, 5.41) is 188. The summed E-state index contributed by atoms with van der Waals surface area (Å²) in [6.45, 7) is 0. The maximum Gasteiger partial charge on any atom is 0.200 e. The molecule has 0 radical (unpaired) electrons. The maximum absolute atomic E-state index is 12.6. The molecule has 10 rings (SSSR count). The topological polar surface area (TPSA) is 372 Å². The van der Waals surface area contributed by atoms with Crippen molar-refractivity contribution < 1.29 is 101 Å². The summed E-state index contributed by atoms with van der Waals surface area (Å²) in [7, 11) is 0. The summed E-state index contributed by atoms with van der Waals surface area (Å²) < 4.78 is 19.3. The molecule has 0 unspecified atom stereocenters. The van der Waals surface area contributed by atoms with Gasteiger partial charge in [-0.05, 0) is 42.5 Å². The van der Waals surface area contributed by atoms with Crippen molar-refractivity contribution in [3.05, 3.63) is 111 Å². The summed E-state index contributed by atoms with van der Waals surface area (Å²) in [6.07, 6.45) is -9.19. The van der Waals surface area contributed by atoms with Gasteiger partial charge in [0.15, 0.2) is 69.6 Å². The van der Waals surface area contributed by atoms with Crippen LogP contribution < -0.4 is 14.2 Å². The number of hydrogen-bond acceptors (Lipinski definition) is 20. The van der Waals surface area contributed by atoms with Crippen molar-refractivity contribution in [2.75, 3.05) is 0 Å². The second-order valence-corrected chi connectivity index (χ2v) is 16.4. The molecule has 17 N–H and O–H groups in total. The highest BCUT2D eigenvalue weighted by molar-refractivity contribution is 5.75. The predicted octanol–water partition coefficient (Wildman–Crippen LogP) is 3.37. The molecule has 6 aromatic carbocycles. The monoisotopic (exact) mass is 896 g/mol. The van der Waals surface area contributed by atoms with E-state index in [4.69, 9.17) is 14.2 Å². The van der Waals surface area contributed by atoms with Gasteiger partial charge in [-0.1, -0.05) is 0 Å². The fourth-order valence-corrected chi connectivity index (χ4v) is 9.90. The van der Waals surface area contributed by atoms with Gasteiger partial charge in [0, 0.05) is 74.7 Å². The molecule has 20 heteroatoms. The fraction of sp³-hybridized carbons (Fsp3) is 0.200. The Hall–Kier alpha value is -8.20. The standard InChI is InChI=1S/C45H36O20/c46-15-7-19(48)31-29(8-15)65-45(14-5-26(55)38(60)27(56)6-14)17-10-20(49)33-34(39(61)41(13-3-24(53)37(59)25(54)4-13)64-43(33)30(17)35(31)44(45)62)32-21(50)11-18(47)16-9-28(57)40(63-42(16)32)12-1-22(51)36(58)23(52)2-12/h1-8,10-11,28,34-35,39-41,44,46-62H,9H2/t28-,34-,35-,39+,40+,41+,44+,45-/m0/s1. The lowest BCUT2D eigenvalue weighted by atomic mass is 9.75. The van der Waals surface area contributed by atoms with E-state index >= 15 is 0 Å². The maximum atomic E-state index is 12.6. The van der Waals surface area contributed by atoms with Gasteiger partial charge in [0.05, 0.1) is 17.9 Å². The van der Waals surface area contributed by atoms with Gasteiger partial charge in [0.1, 0.15) is 58.2 Å². The Balaban J connectivity index is 1.28. The van der Waals surface area contributed by atoms with Crippen LogP contribution in [-0.4, -0.2) is 105 Å². The van der Waals surface area contributed by atoms with Crippen molar-refractivity contribution in [3.8, 4) is 97.7 Å². The third-order valence-electron chi connectivity index (χ3n) is 12.7. The summed E-state index contributed by atoms with van der Waals surface area (Å²) in [5.41, 5.74) is -4.19. The number of ether oxygens (including phenoxy) is 3. The van der Waals surface area contributed by atoms with E-state index in [1.54, 1.807) is 0 Å². The first-order valence-corrected chi connectivity index (χ1v) is 19.6. The third kappa shape index (κ3) is 5.54. The largest absolute Gasteiger partial charge is 0.508 e. The molecule has 1 aliphatic carbocycles. The Morgan fingerprint density at radius 1 is 0.446 bits per heavy atom. The molecule has 2 bridgehead atoms. The molecule has 0 spiro atoms. The summed E-state index contributed by atoms with van der Waals surface area (Å²) in [4.78, 5) is 0. The number of hydrogen-bond donors (Lipinski definition) is 17. The van der Waals surface area contributed by atoms with Crippen molar-refractivity contribution in [2.45, 2.75) is 54.4 Å². The smallest absolute Gasteiger partial charge is 0.200 e. The summed E-state index contributed by atoms with van der Waals surface area (Å²) in [6, 6.07) is 9.68. The molecule has 3 aliphatic heterocycles. The van der Waals surface area contributed by atoms with Crippen molar-refractivity contribution in [3.63, 3.8) is 0 Å². The summed E-state index contributed by atoms with van der Waals surface area (Å²) >= 11 is 0.